The number of benzene rings is 1. The molecule has 0 fully saturated rings. The van der Waals surface area contributed by atoms with Crippen molar-refractivity contribution >= 4 is 0 Å². The summed E-state index contributed by atoms with van der Waals surface area (Å²) in [5.41, 5.74) is 8.33. The van der Waals surface area contributed by atoms with Crippen LogP contribution in [0.1, 0.15) is 38.3 Å². The molecule has 1 rings (SSSR count). The second-order valence-corrected chi connectivity index (χ2v) is 5.60. The fraction of sp³-hybridized carbons (Fsp3) is 0.667. The lowest BCUT2D eigenvalue weighted by Crippen LogP contribution is -2.29. The zero-order chi connectivity index (χ0) is 15.5. The highest BCUT2D eigenvalue weighted by Gasteiger charge is 2.05. The molecule has 0 aromatic heterocycles. The van der Waals surface area contributed by atoms with E-state index < -0.39 is 0 Å². The van der Waals surface area contributed by atoms with Crippen molar-refractivity contribution in [2.45, 2.75) is 40.2 Å². The number of hydrogen-bond acceptors (Lipinski definition) is 3. The van der Waals surface area contributed by atoms with E-state index in [4.69, 9.17) is 5.73 Å². The Morgan fingerprint density at radius 3 is 1.86 bits per heavy atom. The Balaban J connectivity index is 2.38. The van der Waals surface area contributed by atoms with Gasteiger partial charge in [0.2, 0.25) is 0 Å². The molecule has 0 aliphatic carbocycles. The summed E-state index contributed by atoms with van der Waals surface area (Å²) < 4.78 is 0. The fourth-order valence-corrected chi connectivity index (χ4v) is 2.64. The van der Waals surface area contributed by atoms with E-state index in [1.165, 1.54) is 30.6 Å². The Morgan fingerprint density at radius 1 is 0.810 bits per heavy atom. The van der Waals surface area contributed by atoms with Crippen molar-refractivity contribution in [1.29, 1.82) is 0 Å². The molecule has 0 saturated carbocycles. The number of nitrogens with two attached hydrogens (primary N) is 1. The zero-order valence-electron chi connectivity index (χ0n) is 14.1. The van der Waals surface area contributed by atoms with E-state index >= 15 is 0 Å². The van der Waals surface area contributed by atoms with Crippen LogP contribution in [0.5, 0.6) is 0 Å². The van der Waals surface area contributed by atoms with Gasteiger partial charge in [-0.05, 0) is 63.2 Å². The van der Waals surface area contributed by atoms with Crippen LogP contribution in [-0.4, -0.2) is 49.1 Å². The van der Waals surface area contributed by atoms with Gasteiger partial charge in [0.15, 0.2) is 0 Å². The number of hydrogen-bond donors (Lipinski definition) is 1. The lowest BCUT2D eigenvalue weighted by Gasteiger charge is -2.23. The predicted molar refractivity (Wildman–Crippen MR) is 92.6 cm³/mol. The van der Waals surface area contributed by atoms with Crippen molar-refractivity contribution in [2.75, 3.05) is 39.3 Å². The molecular weight excluding hydrogens is 258 g/mol. The Morgan fingerprint density at radius 2 is 1.33 bits per heavy atom. The highest BCUT2D eigenvalue weighted by molar-refractivity contribution is 5.22. The van der Waals surface area contributed by atoms with Gasteiger partial charge in [-0.1, -0.05) is 45.0 Å². The van der Waals surface area contributed by atoms with E-state index in [-0.39, 0.29) is 0 Å². The second kappa shape index (κ2) is 10.8. The van der Waals surface area contributed by atoms with Gasteiger partial charge in [-0.25, -0.2) is 0 Å². The first kappa shape index (κ1) is 18.1. The van der Waals surface area contributed by atoms with Gasteiger partial charge in [-0.2, -0.15) is 0 Å². The van der Waals surface area contributed by atoms with Gasteiger partial charge in [-0.15, -0.1) is 0 Å². The van der Waals surface area contributed by atoms with Crippen LogP contribution >= 0.6 is 0 Å². The molecule has 0 heterocycles. The Kier molecular flexibility index (Phi) is 9.31. The summed E-state index contributed by atoms with van der Waals surface area (Å²) in [6.45, 7) is 14.3. The van der Waals surface area contributed by atoms with Crippen LogP contribution < -0.4 is 5.73 Å². The van der Waals surface area contributed by atoms with E-state index in [1.807, 2.05) is 0 Å². The van der Waals surface area contributed by atoms with E-state index in [0.29, 0.717) is 0 Å². The summed E-state index contributed by atoms with van der Waals surface area (Å²) in [4.78, 5) is 5.02. The Hall–Kier alpha value is -0.900. The lowest BCUT2D eigenvalue weighted by molar-refractivity contribution is 0.238. The standard InChI is InChI=1S/C18H33N3/c1-4-20(5-2)14-7-15-21(6-3)16-18-10-8-17(9-11-18)12-13-19/h8-11H,4-7,12-16,19H2,1-3H3. The minimum absolute atomic E-state index is 0.728. The molecule has 1 aromatic rings. The Labute approximate surface area is 131 Å². The molecule has 3 heteroatoms. The summed E-state index contributed by atoms with van der Waals surface area (Å²) in [5, 5.41) is 0. The summed E-state index contributed by atoms with van der Waals surface area (Å²) in [6, 6.07) is 8.92. The lowest BCUT2D eigenvalue weighted by atomic mass is 10.1. The first-order chi connectivity index (χ1) is 10.2. The molecule has 120 valence electrons. The maximum atomic E-state index is 5.59. The van der Waals surface area contributed by atoms with Crippen LogP contribution in [0.2, 0.25) is 0 Å². The maximum Gasteiger partial charge on any atom is 0.0233 e. The van der Waals surface area contributed by atoms with E-state index in [2.05, 4.69) is 54.8 Å². The van der Waals surface area contributed by atoms with Crippen molar-refractivity contribution in [3.05, 3.63) is 35.4 Å². The predicted octanol–water partition coefficient (Wildman–Crippen LogP) is 2.74. The largest absolute Gasteiger partial charge is 0.330 e. The first-order valence-electron chi connectivity index (χ1n) is 8.46. The molecule has 0 bridgehead atoms. The molecule has 1 aromatic carbocycles. The van der Waals surface area contributed by atoms with Crippen LogP contribution in [0.4, 0.5) is 0 Å². The molecule has 0 amide bonds. The highest BCUT2D eigenvalue weighted by atomic mass is 15.1. The third-order valence-corrected chi connectivity index (χ3v) is 4.15. The second-order valence-electron chi connectivity index (χ2n) is 5.60. The summed E-state index contributed by atoms with van der Waals surface area (Å²) >= 11 is 0. The third-order valence-electron chi connectivity index (χ3n) is 4.15. The van der Waals surface area contributed by atoms with Crippen LogP contribution in [0.25, 0.3) is 0 Å². The summed E-state index contributed by atoms with van der Waals surface area (Å²) in [6.07, 6.45) is 2.22. The molecule has 2 N–H and O–H groups in total. The molecule has 21 heavy (non-hydrogen) atoms. The molecule has 0 radical (unpaired) electrons. The third kappa shape index (κ3) is 7.07. The topological polar surface area (TPSA) is 32.5 Å². The van der Waals surface area contributed by atoms with Crippen molar-refractivity contribution < 1.29 is 0 Å². The van der Waals surface area contributed by atoms with Crippen molar-refractivity contribution in [3.8, 4) is 0 Å². The average Bonchev–Trinajstić information content (AvgIpc) is 2.52. The van der Waals surface area contributed by atoms with Crippen molar-refractivity contribution in [3.63, 3.8) is 0 Å². The average molecular weight is 291 g/mol. The first-order valence-corrected chi connectivity index (χ1v) is 8.46. The fourth-order valence-electron chi connectivity index (χ4n) is 2.64. The van der Waals surface area contributed by atoms with Crippen LogP contribution in [0.3, 0.4) is 0 Å². The monoisotopic (exact) mass is 291 g/mol. The minimum atomic E-state index is 0.728. The molecule has 0 spiro atoms. The van der Waals surface area contributed by atoms with Gasteiger partial charge in [0.1, 0.15) is 0 Å². The molecule has 0 atom stereocenters. The summed E-state index contributed by atoms with van der Waals surface area (Å²) in [7, 11) is 0. The smallest absolute Gasteiger partial charge is 0.0233 e. The van der Waals surface area contributed by atoms with Gasteiger partial charge in [-0.3, -0.25) is 4.90 Å². The van der Waals surface area contributed by atoms with Gasteiger partial charge >= 0.3 is 0 Å². The Bertz CT molecular complexity index is 357. The van der Waals surface area contributed by atoms with Crippen LogP contribution in [-0.2, 0) is 13.0 Å². The highest BCUT2D eigenvalue weighted by Crippen LogP contribution is 2.08. The van der Waals surface area contributed by atoms with Gasteiger partial charge in [0.05, 0.1) is 0 Å². The van der Waals surface area contributed by atoms with Gasteiger partial charge < -0.3 is 10.6 Å². The van der Waals surface area contributed by atoms with E-state index in [1.54, 1.807) is 0 Å². The molecule has 0 saturated heterocycles. The quantitative estimate of drug-likeness (QED) is 0.680. The molecular formula is C18H33N3. The van der Waals surface area contributed by atoms with Crippen LogP contribution in [0, 0.1) is 0 Å². The zero-order valence-corrected chi connectivity index (χ0v) is 14.1. The van der Waals surface area contributed by atoms with Crippen molar-refractivity contribution in [1.82, 2.24) is 9.80 Å². The van der Waals surface area contributed by atoms with E-state index in [9.17, 15) is 0 Å². The van der Waals surface area contributed by atoms with Crippen molar-refractivity contribution in [2.24, 2.45) is 5.73 Å². The summed E-state index contributed by atoms with van der Waals surface area (Å²) in [5.74, 6) is 0. The molecule has 0 unspecified atom stereocenters. The number of rotatable bonds is 11. The normalized spacial score (nSPS) is 11.5. The number of nitrogens with zero attached hydrogens (tertiary/aromatic N) is 2. The van der Waals surface area contributed by atoms with Gasteiger partial charge in [0.25, 0.3) is 0 Å². The minimum Gasteiger partial charge on any atom is -0.330 e. The molecule has 0 aliphatic heterocycles. The van der Waals surface area contributed by atoms with Gasteiger partial charge in [0, 0.05) is 6.54 Å². The SMILES string of the molecule is CCN(CC)CCCN(CC)Cc1ccc(CCN)cc1. The van der Waals surface area contributed by atoms with Crippen LogP contribution in [0.15, 0.2) is 24.3 Å². The van der Waals surface area contributed by atoms with E-state index in [0.717, 1.165) is 39.1 Å². The maximum absolute atomic E-state index is 5.59. The molecule has 0 aliphatic rings. The molecule has 3 nitrogen and oxygen atoms in total.